The summed E-state index contributed by atoms with van der Waals surface area (Å²) in [6.07, 6.45) is 5.95. The van der Waals surface area contributed by atoms with Gasteiger partial charge in [0.25, 0.3) is 0 Å². The lowest BCUT2D eigenvalue weighted by Gasteiger charge is -2.11. The number of pyridine rings is 1. The summed E-state index contributed by atoms with van der Waals surface area (Å²) < 4.78 is 5.47. The van der Waals surface area contributed by atoms with E-state index in [0.717, 1.165) is 19.3 Å². The van der Waals surface area contributed by atoms with Gasteiger partial charge in [-0.15, -0.1) is 0 Å². The number of hydrogen-bond acceptors (Lipinski definition) is 4. The Kier molecular flexibility index (Phi) is 3.43. The summed E-state index contributed by atoms with van der Waals surface area (Å²) in [4.78, 5) is 16.3. The fourth-order valence-corrected chi connectivity index (χ4v) is 1.82. The van der Waals surface area contributed by atoms with Crippen LogP contribution in [-0.4, -0.2) is 23.9 Å². The molecular weight excluding hydrogens is 216 g/mol. The lowest BCUT2D eigenvalue weighted by molar-refractivity contribution is 0.0905. The van der Waals surface area contributed by atoms with Crippen molar-refractivity contribution < 1.29 is 9.53 Å². The summed E-state index contributed by atoms with van der Waals surface area (Å²) in [7, 11) is 0. The second-order valence-corrected chi connectivity index (χ2v) is 4.57. The summed E-state index contributed by atoms with van der Waals surface area (Å²) in [5.74, 6) is 0.764. The zero-order chi connectivity index (χ0) is 12.3. The predicted octanol–water partition coefficient (Wildman–Crippen LogP) is 1.79. The molecule has 92 valence electrons. The first-order chi connectivity index (χ1) is 8.22. The molecule has 0 aliphatic heterocycles. The molecule has 2 N–H and O–H groups in total. The van der Waals surface area contributed by atoms with Crippen LogP contribution in [0.15, 0.2) is 18.5 Å². The number of nitrogens with zero attached hydrogens (tertiary/aromatic N) is 1. The number of rotatable bonds is 6. The quantitative estimate of drug-likeness (QED) is 0.762. The maximum Gasteiger partial charge on any atom is 0.171 e. The third kappa shape index (κ3) is 2.47. The van der Waals surface area contributed by atoms with Crippen LogP contribution in [0.2, 0.25) is 0 Å². The Balaban J connectivity index is 2.13. The Labute approximate surface area is 101 Å². The molecule has 1 aromatic rings. The van der Waals surface area contributed by atoms with Gasteiger partial charge in [0.1, 0.15) is 5.75 Å². The molecule has 0 unspecified atom stereocenters. The zero-order valence-electron chi connectivity index (χ0n) is 10.1. The SMILES string of the molecule is CCCOc1cncc(C(=O)C2(CN)CC2)c1. The highest BCUT2D eigenvalue weighted by atomic mass is 16.5. The number of aromatic nitrogens is 1. The van der Waals surface area contributed by atoms with E-state index in [4.69, 9.17) is 10.5 Å². The fourth-order valence-electron chi connectivity index (χ4n) is 1.82. The van der Waals surface area contributed by atoms with Crippen LogP contribution in [0.5, 0.6) is 5.75 Å². The summed E-state index contributed by atoms with van der Waals surface area (Å²) >= 11 is 0. The molecule has 17 heavy (non-hydrogen) atoms. The molecule has 0 spiro atoms. The van der Waals surface area contributed by atoms with Crippen molar-refractivity contribution in [3.63, 3.8) is 0 Å². The van der Waals surface area contributed by atoms with Crippen LogP contribution in [0.4, 0.5) is 0 Å². The number of hydrogen-bond donors (Lipinski definition) is 1. The molecule has 4 heteroatoms. The van der Waals surface area contributed by atoms with Gasteiger partial charge >= 0.3 is 0 Å². The third-order valence-electron chi connectivity index (χ3n) is 3.17. The van der Waals surface area contributed by atoms with Gasteiger partial charge in [-0.3, -0.25) is 9.78 Å². The molecule has 0 radical (unpaired) electrons. The Hall–Kier alpha value is -1.42. The van der Waals surface area contributed by atoms with E-state index in [9.17, 15) is 4.79 Å². The Morgan fingerprint density at radius 2 is 2.29 bits per heavy atom. The number of nitrogens with two attached hydrogens (primary N) is 1. The van der Waals surface area contributed by atoms with Crippen molar-refractivity contribution in [2.75, 3.05) is 13.2 Å². The molecule has 1 saturated carbocycles. The van der Waals surface area contributed by atoms with Gasteiger partial charge in [-0.1, -0.05) is 6.92 Å². The molecule has 2 rings (SSSR count). The third-order valence-corrected chi connectivity index (χ3v) is 3.17. The van der Waals surface area contributed by atoms with E-state index in [1.165, 1.54) is 0 Å². The van der Waals surface area contributed by atoms with E-state index in [2.05, 4.69) is 4.98 Å². The molecule has 1 aliphatic carbocycles. The van der Waals surface area contributed by atoms with E-state index < -0.39 is 0 Å². The van der Waals surface area contributed by atoms with Crippen LogP contribution in [0.25, 0.3) is 0 Å². The normalized spacial score (nSPS) is 16.6. The topological polar surface area (TPSA) is 65.2 Å². The molecule has 0 saturated heterocycles. The minimum Gasteiger partial charge on any atom is -0.492 e. The molecule has 0 bridgehead atoms. The summed E-state index contributed by atoms with van der Waals surface area (Å²) in [5.41, 5.74) is 5.95. The van der Waals surface area contributed by atoms with Crippen LogP contribution in [-0.2, 0) is 0 Å². The second-order valence-electron chi connectivity index (χ2n) is 4.57. The second kappa shape index (κ2) is 4.84. The first kappa shape index (κ1) is 12.0. The van der Waals surface area contributed by atoms with Crippen molar-refractivity contribution in [2.45, 2.75) is 26.2 Å². The van der Waals surface area contributed by atoms with Crippen molar-refractivity contribution in [1.29, 1.82) is 0 Å². The lowest BCUT2D eigenvalue weighted by atomic mass is 9.96. The minimum absolute atomic E-state index is 0.106. The Morgan fingerprint density at radius 3 is 2.88 bits per heavy atom. The van der Waals surface area contributed by atoms with Gasteiger partial charge < -0.3 is 10.5 Å². The molecule has 0 amide bonds. The fraction of sp³-hybridized carbons (Fsp3) is 0.538. The molecule has 1 heterocycles. The highest BCUT2D eigenvalue weighted by Gasteiger charge is 2.48. The number of ether oxygens (including phenoxy) is 1. The van der Waals surface area contributed by atoms with Crippen molar-refractivity contribution in [3.05, 3.63) is 24.0 Å². The van der Waals surface area contributed by atoms with Crippen LogP contribution in [0.1, 0.15) is 36.5 Å². The number of carbonyl (C=O) groups excluding carboxylic acids is 1. The van der Waals surface area contributed by atoms with Gasteiger partial charge in [-0.05, 0) is 25.3 Å². The standard InChI is InChI=1S/C13H18N2O2/c1-2-5-17-11-6-10(7-15-8-11)12(16)13(9-14)3-4-13/h6-8H,2-5,9,14H2,1H3. The average Bonchev–Trinajstić information content (AvgIpc) is 3.17. The number of ketones is 1. The zero-order valence-corrected chi connectivity index (χ0v) is 10.1. The van der Waals surface area contributed by atoms with E-state index in [-0.39, 0.29) is 11.2 Å². The molecule has 1 fully saturated rings. The molecule has 0 aromatic carbocycles. The molecule has 1 aromatic heterocycles. The largest absolute Gasteiger partial charge is 0.492 e. The monoisotopic (exact) mass is 234 g/mol. The highest BCUT2D eigenvalue weighted by molar-refractivity contribution is 6.02. The van der Waals surface area contributed by atoms with Gasteiger partial charge in [-0.2, -0.15) is 0 Å². The molecule has 0 atom stereocenters. The minimum atomic E-state index is -0.314. The molecule has 1 aliphatic rings. The summed E-state index contributed by atoms with van der Waals surface area (Å²) in [6, 6.07) is 1.76. The van der Waals surface area contributed by atoms with E-state index in [1.807, 2.05) is 6.92 Å². The van der Waals surface area contributed by atoms with Crippen molar-refractivity contribution in [2.24, 2.45) is 11.1 Å². The van der Waals surface area contributed by atoms with Gasteiger partial charge in [0.05, 0.1) is 12.8 Å². The first-order valence-corrected chi connectivity index (χ1v) is 6.04. The van der Waals surface area contributed by atoms with E-state index in [0.29, 0.717) is 24.5 Å². The lowest BCUT2D eigenvalue weighted by Crippen LogP contribution is -2.25. The summed E-state index contributed by atoms with van der Waals surface area (Å²) in [5, 5.41) is 0. The van der Waals surface area contributed by atoms with Crippen molar-refractivity contribution in [1.82, 2.24) is 4.98 Å². The van der Waals surface area contributed by atoms with Crippen LogP contribution >= 0.6 is 0 Å². The van der Waals surface area contributed by atoms with E-state index in [1.54, 1.807) is 18.5 Å². The maximum atomic E-state index is 12.2. The van der Waals surface area contributed by atoms with Crippen LogP contribution in [0.3, 0.4) is 0 Å². The van der Waals surface area contributed by atoms with E-state index >= 15 is 0 Å². The van der Waals surface area contributed by atoms with Crippen molar-refractivity contribution in [3.8, 4) is 5.75 Å². The first-order valence-electron chi connectivity index (χ1n) is 6.04. The van der Waals surface area contributed by atoms with Crippen LogP contribution < -0.4 is 10.5 Å². The predicted molar refractivity (Wildman–Crippen MR) is 65.1 cm³/mol. The van der Waals surface area contributed by atoms with Gasteiger partial charge in [-0.25, -0.2) is 0 Å². The number of Topliss-reactive ketones (excluding diaryl/α,β-unsaturated/α-hetero) is 1. The maximum absolute atomic E-state index is 12.2. The van der Waals surface area contributed by atoms with Crippen molar-refractivity contribution >= 4 is 5.78 Å². The molecule has 4 nitrogen and oxygen atoms in total. The van der Waals surface area contributed by atoms with Gasteiger partial charge in [0, 0.05) is 23.7 Å². The highest BCUT2D eigenvalue weighted by Crippen LogP contribution is 2.47. The number of carbonyl (C=O) groups is 1. The molecular formula is C13H18N2O2. The smallest absolute Gasteiger partial charge is 0.171 e. The summed E-state index contributed by atoms with van der Waals surface area (Å²) in [6.45, 7) is 3.10. The Morgan fingerprint density at radius 1 is 1.53 bits per heavy atom. The van der Waals surface area contributed by atoms with Gasteiger partial charge in [0.2, 0.25) is 0 Å². The average molecular weight is 234 g/mol. The Bertz CT molecular complexity index is 414. The van der Waals surface area contributed by atoms with Crippen LogP contribution in [0, 0.1) is 5.41 Å². The van der Waals surface area contributed by atoms with Gasteiger partial charge in [0.15, 0.2) is 5.78 Å².